The zero-order valence-corrected chi connectivity index (χ0v) is 11.0. The van der Waals surface area contributed by atoms with Crippen LogP contribution in [0.15, 0.2) is 36.4 Å². The number of rotatable bonds is 4. The Morgan fingerprint density at radius 3 is 2.50 bits per heavy atom. The molecule has 0 bridgehead atoms. The van der Waals surface area contributed by atoms with Crippen LogP contribution in [0.25, 0.3) is 0 Å². The number of halogens is 1. The van der Waals surface area contributed by atoms with Crippen molar-refractivity contribution in [1.82, 2.24) is 4.98 Å². The number of hydrogen-bond donors (Lipinski definition) is 1. The third kappa shape index (κ3) is 2.82. The number of anilines is 3. The van der Waals surface area contributed by atoms with Gasteiger partial charge in [0.1, 0.15) is 17.5 Å². The summed E-state index contributed by atoms with van der Waals surface area (Å²) in [5, 5.41) is 13.7. The molecule has 1 N–H and O–H groups in total. The number of hydrogen-bond acceptors (Lipinski definition) is 5. The molecule has 0 aliphatic heterocycles. The Hall–Kier alpha value is -2.70. The molecule has 7 heteroatoms. The van der Waals surface area contributed by atoms with E-state index >= 15 is 0 Å². The fourth-order valence-electron chi connectivity index (χ4n) is 1.70. The van der Waals surface area contributed by atoms with E-state index in [1.165, 1.54) is 24.3 Å². The first-order valence-electron chi connectivity index (χ1n) is 5.85. The van der Waals surface area contributed by atoms with E-state index in [0.717, 1.165) is 0 Å². The fourth-order valence-corrected chi connectivity index (χ4v) is 1.70. The molecule has 0 atom stereocenters. The molecular formula is C13H13FN4O2. The van der Waals surface area contributed by atoms with Crippen LogP contribution < -0.4 is 10.2 Å². The normalized spacial score (nSPS) is 10.2. The minimum Gasteiger partial charge on any atom is -0.373 e. The zero-order chi connectivity index (χ0) is 14.7. The molecule has 1 aromatic carbocycles. The van der Waals surface area contributed by atoms with Crippen molar-refractivity contribution in [2.75, 3.05) is 24.3 Å². The minimum absolute atomic E-state index is 0.0617. The fraction of sp³-hybridized carbons (Fsp3) is 0.154. The average molecular weight is 276 g/mol. The molecule has 0 aliphatic rings. The van der Waals surface area contributed by atoms with Crippen molar-refractivity contribution >= 4 is 23.0 Å². The number of nitro groups is 1. The van der Waals surface area contributed by atoms with E-state index in [1.807, 2.05) is 0 Å². The van der Waals surface area contributed by atoms with Gasteiger partial charge in [0.05, 0.1) is 17.1 Å². The predicted octanol–water partition coefficient (Wildman–Crippen LogP) is 2.94. The molecule has 1 heterocycles. The zero-order valence-electron chi connectivity index (χ0n) is 11.0. The molecule has 0 radical (unpaired) electrons. The Morgan fingerprint density at radius 1 is 1.30 bits per heavy atom. The highest BCUT2D eigenvalue weighted by Crippen LogP contribution is 2.27. The van der Waals surface area contributed by atoms with Crippen LogP contribution in [0.5, 0.6) is 0 Å². The summed E-state index contributed by atoms with van der Waals surface area (Å²) in [5.41, 5.74) is 0.620. The lowest BCUT2D eigenvalue weighted by atomic mass is 10.2. The first-order valence-corrected chi connectivity index (χ1v) is 5.85. The maximum Gasteiger partial charge on any atom is 0.276 e. The van der Waals surface area contributed by atoms with E-state index in [-0.39, 0.29) is 11.5 Å². The van der Waals surface area contributed by atoms with Crippen LogP contribution in [-0.4, -0.2) is 24.0 Å². The van der Waals surface area contributed by atoms with Crippen molar-refractivity contribution in [2.24, 2.45) is 0 Å². The largest absolute Gasteiger partial charge is 0.373 e. The third-order valence-corrected chi connectivity index (χ3v) is 2.82. The van der Waals surface area contributed by atoms with E-state index in [1.54, 1.807) is 31.1 Å². The van der Waals surface area contributed by atoms with Gasteiger partial charge in [-0.15, -0.1) is 0 Å². The lowest BCUT2D eigenvalue weighted by Crippen LogP contribution is -2.12. The molecule has 0 aliphatic carbocycles. The van der Waals surface area contributed by atoms with Gasteiger partial charge in [-0.1, -0.05) is 0 Å². The minimum atomic E-state index is -0.482. The highest BCUT2D eigenvalue weighted by Gasteiger charge is 2.14. The Balaban J connectivity index is 2.42. The van der Waals surface area contributed by atoms with E-state index in [2.05, 4.69) is 10.3 Å². The van der Waals surface area contributed by atoms with Gasteiger partial charge in [0.2, 0.25) is 0 Å². The van der Waals surface area contributed by atoms with Crippen molar-refractivity contribution in [3.05, 3.63) is 52.3 Å². The molecule has 6 nitrogen and oxygen atoms in total. The van der Waals surface area contributed by atoms with Gasteiger partial charge in [0, 0.05) is 19.8 Å². The van der Waals surface area contributed by atoms with Crippen LogP contribution in [-0.2, 0) is 0 Å². The molecule has 0 saturated carbocycles. The second kappa shape index (κ2) is 5.52. The molecule has 0 fully saturated rings. The predicted molar refractivity (Wildman–Crippen MR) is 74.9 cm³/mol. The molecule has 0 amide bonds. The standard InChI is InChI=1S/C13H13FN4O2/c1-15-12-7-11(18(19)20)8-13(16-12)17(2)10-5-3-9(14)4-6-10/h3-8H,1-2H3,(H,15,16). The summed E-state index contributed by atoms with van der Waals surface area (Å²) in [7, 11) is 3.34. The molecule has 0 spiro atoms. The van der Waals surface area contributed by atoms with Gasteiger partial charge in [-0.25, -0.2) is 9.37 Å². The topological polar surface area (TPSA) is 71.3 Å². The van der Waals surface area contributed by atoms with E-state index in [4.69, 9.17) is 0 Å². The summed E-state index contributed by atoms with van der Waals surface area (Å²) in [6, 6.07) is 8.51. The average Bonchev–Trinajstić information content (AvgIpc) is 2.46. The van der Waals surface area contributed by atoms with Gasteiger partial charge in [-0.3, -0.25) is 10.1 Å². The van der Waals surface area contributed by atoms with Gasteiger partial charge < -0.3 is 10.2 Å². The molecule has 2 rings (SSSR count). The van der Waals surface area contributed by atoms with Crippen molar-refractivity contribution in [1.29, 1.82) is 0 Å². The van der Waals surface area contributed by atoms with Crippen LogP contribution in [0.4, 0.5) is 27.4 Å². The van der Waals surface area contributed by atoms with E-state index in [0.29, 0.717) is 17.3 Å². The maximum absolute atomic E-state index is 12.9. The third-order valence-electron chi connectivity index (χ3n) is 2.82. The number of aromatic nitrogens is 1. The molecular weight excluding hydrogens is 263 g/mol. The highest BCUT2D eigenvalue weighted by atomic mass is 19.1. The second-order valence-electron chi connectivity index (χ2n) is 4.11. The number of nitrogens with zero attached hydrogens (tertiary/aromatic N) is 3. The summed E-state index contributed by atoms with van der Waals surface area (Å²) in [6.45, 7) is 0. The second-order valence-corrected chi connectivity index (χ2v) is 4.11. The van der Waals surface area contributed by atoms with Crippen LogP contribution in [0.1, 0.15) is 0 Å². The van der Waals surface area contributed by atoms with Crippen molar-refractivity contribution in [3.63, 3.8) is 0 Å². The molecule has 20 heavy (non-hydrogen) atoms. The van der Waals surface area contributed by atoms with Crippen molar-refractivity contribution in [3.8, 4) is 0 Å². The first-order chi connectivity index (χ1) is 9.51. The lowest BCUT2D eigenvalue weighted by Gasteiger charge is -2.18. The Bertz CT molecular complexity index is 631. The molecule has 1 aromatic heterocycles. The van der Waals surface area contributed by atoms with Crippen molar-refractivity contribution in [2.45, 2.75) is 0 Å². The lowest BCUT2D eigenvalue weighted by molar-refractivity contribution is -0.384. The maximum atomic E-state index is 12.9. The summed E-state index contributed by atoms with van der Waals surface area (Å²) in [5.74, 6) is 0.448. The molecule has 0 unspecified atom stereocenters. The van der Waals surface area contributed by atoms with E-state index in [9.17, 15) is 14.5 Å². The smallest absolute Gasteiger partial charge is 0.276 e. The van der Waals surface area contributed by atoms with Crippen LogP contribution >= 0.6 is 0 Å². The van der Waals surface area contributed by atoms with Crippen LogP contribution in [0.3, 0.4) is 0 Å². The Morgan fingerprint density at radius 2 is 1.95 bits per heavy atom. The Kier molecular flexibility index (Phi) is 3.79. The quantitative estimate of drug-likeness (QED) is 0.686. The van der Waals surface area contributed by atoms with E-state index < -0.39 is 4.92 Å². The van der Waals surface area contributed by atoms with Crippen LogP contribution in [0.2, 0.25) is 0 Å². The first kappa shape index (κ1) is 13.7. The number of nitrogens with one attached hydrogen (secondary N) is 1. The van der Waals surface area contributed by atoms with Gasteiger partial charge in [-0.05, 0) is 24.3 Å². The van der Waals surface area contributed by atoms with Gasteiger partial charge in [0.25, 0.3) is 5.69 Å². The van der Waals surface area contributed by atoms with Crippen molar-refractivity contribution < 1.29 is 9.31 Å². The Labute approximate surface area is 115 Å². The molecule has 2 aromatic rings. The molecule has 104 valence electrons. The van der Waals surface area contributed by atoms with Crippen LogP contribution in [0, 0.1) is 15.9 Å². The van der Waals surface area contributed by atoms with Gasteiger partial charge >= 0.3 is 0 Å². The van der Waals surface area contributed by atoms with Gasteiger partial charge in [-0.2, -0.15) is 0 Å². The van der Waals surface area contributed by atoms with Gasteiger partial charge in [0.15, 0.2) is 0 Å². The summed E-state index contributed by atoms with van der Waals surface area (Å²) in [4.78, 5) is 16.3. The highest BCUT2D eigenvalue weighted by molar-refractivity contribution is 5.64. The summed E-state index contributed by atoms with van der Waals surface area (Å²) >= 11 is 0. The SMILES string of the molecule is CNc1cc([N+](=O)[O-])cc(N(C)c2ccc(F)cc2)n1. The molecule has 0 saturated heterocycles. The summed E-state index contributed by atoms with van der Waals surface area (Å²) < 4.78 is 12.9. The number of benzene rings is 1. The number of pyridine rings is 1. The monoisotopic (exact) mass is 276 g/mol. The summed E-state index contributed by atoms with van der Waals surface area (Å²) in [6.07, 6.45) is 0.